The number of benzene rings is 1. The zero-order valence-corrected chi connectivity index (χ0v) is 10.7. The van der Waals surface area contributed by atoms with Crippen LogP contribution in [-0.2, 0) is 6.42 Å². The predicted molar refractivity (Wildman–Crippen MR) is 62.0 cm³/mol. The van der Waals surface area contributed by atoms with Gasteiger partial charge in [0.05, 0.1) is 0 Å². The minimum atomic E-state index is 0.253. The summed E-state index contributed by atoms with van der Waals surface area (Å²) in [5, 5.41) is 8.70. The maximum atomic E-state index is 8.70. The molecule has 1 N–H and O–H groups in total. The van der Waals surface area contributed by atoms with E-state index in [1.54, 1.807) is 0 Å². The van der Waals surface area contributed by atoms with Crippen LogP contribution in [0.4, 0.5) is 0 Å². The molecule has 0 heterocycles. The van der Waals surface area contributed by atoms with Crippen LogP contribution < -0.4 is 0 Å². The van der Waals surface area contributed by atoms with E-state index in [2.05, 4.69) is 50.9 Å². The summed E-state index contributed by atoms with van der Waals surface area (Å²) in [5.74, 6) is 0. The maximum absolute atomic E-state index is 8.70. The van der Waals surface area contributed by atoms with Crippen molar-refractivity contribution in [3.05, 3.63) is 32.2 Å². The molecule has 0 saturated carbocycles. The van der Waals surface area contributed by atoms with E-state index in [1.807, 2.05) is 0 Å². The van der Waals surface area contributed by atoms with Crippen LogP contribution in [0.3, 0.4) is 0 Å². The van der Waals surface area contributed by atoms with Crippen molar-refractivity contribution in [3.8, 4) is 0 Å². The second kappa shape index (κ2) is 5.13. The standard InChI is InChI=1S/C10H12Br2O/c1-7-9(11)5-8(3-2-4-13)6-10(7)12/h5-6,13H,2-4H2,1H3. The molecule has 0 spiro atoms. The lowest BCUT2D eigenvalue weighted by atomic mass is 10.1. The summed E-state index contributed by atoms with van der Waals surface area (Å²) < 4.78 is 2.24. The van der Waals surface area contributed by atoms with Crippen LogP contribution in [0.1, 0.15) is 17.5 Å². The first-order valence-corrected chi connectivity index (χ1v) is 5.79. The van der Waals surface area contributed by atoms with Gasteiger partial charge in [-0.3, -0.25) is 0 Å². The molecule has 0 aliphatic rings. The number of aliphatic hydroxyl groups excluding tert-OH is 1. The van der Waals surface area contributed by atoms with Crippen molar-refractivity contribution in [2.24, 2.45) is 0 Å². The first-order valence-electron chi connectivity index (χ1n) is 4.20. The van der Waals surface area contributed by atoms with Crippen molar-refractivity contribution in [1.82, 2.24) is 0 Å². The summed E-state index contributed by atoms with van der Waals surface area (Å²) in [5.41, 5.74) is 2.46. The Morgan fingerprint density at radius 2 is 1.77 bits per heavy atom. The van der Waals surface area contributed by atoms with E-state index in [9.17, 15) is 0 Å². The summed E-state index contributed by atoms with van der Waals surface area (Å²) >= 11 is 6.99. The molecule has 1 aromatic rings. The van der Waals surface area contributed by atoms with Crippen molar-refractivity contribution < 1.29 is 5.11 Å². The minimum Gasteiger partial charge on any atom is -0.396 e. The molecule has 1 aromatic carbocycles. The second-order valence-corrected chi connectivity index (χ2v) is 4.72. The molecule has 0 aliphatic carbocycles. The molecule has 0 aromatic heterocycles. The van der Waals surface area contributed by atoms with Crippen LogP contribution in [0.25, 0.3) is 0 Å². The first-order chi connectivity index (χ1) is 6.15. The van der Waals surface area contributed by atoms with Gasteiger partial charge in [-0.05, 0) is 43.0 Å². The maximum Gasteiger partial charge on any atom is 0.0434 e. The van der Waals surface area contributed by atoms with E-state index < -0.39 is 0 Å². The van der Waals surface area contributed by atoms with E-state index in [-0.39, 0.29) is 6.61 Å². The Hall–Kier alpha value is 0.140. The van der Waals surface area contributed by atoms with E-state index in [0.717, 1.165) is 21.8 Å². The quantitative estimate of drug-likeness (QED) is 0.907. The van der Waals surface area contributed by atoms with Gasteiger partial charge in [-0.1, -0.05) is 31.9 Å². The third-order valence-electron chi connectivity index (χ3n) is 1.96. The summed E-state index contributed by atoms with van der Waals surface area (Å²) in [6, 6.07) is 4.21. The monoisotopic (exact) mass is 306 g/mol. The molecule has 1 nitrogen and oxygen atoms in total. The number of aryl methyl sites for hydroxylation is 1. The highest BCUT2D eigenvalue weighted by Crippen LogP contribution is 2.26. The Balaban J connectivity index is 2.86. The topological polar surface area (TPSA) is 20.2 Å². The van der Waals surface area contributed by atoms with Gasteiger partial charge >= 0.3 is 0 Å². The van der Waals surface area contributed by atoms with Gasteiger partial charge < -0.3 is 5.11 Å². The van der Waals surface area contributed by atoms with Crippen molar-refractivity contribution in [3.63, 3.8) is 0 Å². The number of halogens is 2. The molecular weight excluding hydrogens is 296 g/mol. The van der Waals surface area contributed by atoms with E-state index in [1.165, 1.54) is 11.1 Å². The number of hydrogen-bond acceptors (Lipinski definition) is 1. The van der Waals surface area contributed by atoms with E-state index in [4.69, 9.17) is 5.11 Å². The normalized spacial score (nSPS) is 10.5. The fourth-order valence-corrected chi connectivity index (χ4v) is 2.41. The smallest absolute Gasteiger partial charge is 0.0434 e. The van der Waals surface area contributed by atoms with Crippen LogP contribution >= 0.6 is 31.9 Å². The third-order valence-corrected chi connectivity index (χ3v) is 3.61. The van der Waals surface area contributed by atoms with Crippen LogP contribution in [0.5, 0.6) is 0 Å². The van der Waals surface area contributed by atoms with Crippen molar-refractivity contribution in [2.75, 3.05) is 6.61 Å². The highest BCUT2D eigenvalue weighted by molar-refractivity contribution is 9.11. The first kappa shape index (κ1) is 11.2. The lowest BCUT2D eigenvalue weighted by molar-refractivity contribution is 0.288. The molecular formula is C10H12Br2O. The Kier molecular flexibility index (Phi) is 4.42. The van der Waals surface area contributed by atoms with Gasteiger partial charge in [0.2, 0.25) is 0 Å². The number of hydrogen-bond donors (Lipinski definition) is 1. The molecule has 0 saturated heterocycles. The average Bonchev–Trinajstić information content (AvgIpc) is 2.10. The van der Waals surface area contributed by atoms with Gasteiger partial charge in [-0.25, -0.2) is 0 Å². The van der Waals surface area contributed by atoms with E-state index in [0.29, 0.717) is 0 Å². The molecule has 3 heteroatoms. The molecule has 0 fully saturated rings. The van der Waals surface area contributed by atoms with Gasteiger partial charge in [-0.15, -0.1) is 0 Å². The van der Waals surface area contributed by atoms with Crippen molar-refractivity contribution >= 4 is 31.9 Å². The Morgan fingerprint density at radius 3 is 2.23 bits per heavy atom. The lowest BCUT2D eigenvalue weighted by Crippen LogP contribution is -1.91. The average molecular weight is 308 g/mol. The number of aliphatic hydroxyl groups is 1. The Bertz CT molecular complexity index is 274. The number of rotatable bonds is 3. The zero-order chi connectivity index (χ0) is 9.84. The molecule has 72 valence electrons. The summed E-state index contributed by atoms with van der Waals surface area (Å²) in [6.07, 6.45) is 1.75. The molecule has 0 amide bonds. The summed E-state index contributed by atoms with van der Waals surface area (Å²) in [7, 11) is 0. The lowest BCUT2D eigenvalue weighted by Gasteiger charge is -2.05. The largest absolute Gasteiger partial charge is 0.396 e. The van der Waals surface area contributed by atoms with Crippen molar-refractivity contribution in [1.29, 1.82) is 0 Å². The summed E-state index contributed by atoms with van der Waals surface area (Å²) in [6.45, 7) is 2.31. The molecule has 13 heavy (non-hydrogen) atoms. The molecule has 0 radical (unpaired) electrons. The second-order valence-electron chi connectivity index (χ2n) is 3.01. The van der Waals surface area contributed by atoms with Crippen LogP contribution in [0.15, 0.2) is 21.1 Å². The minimum absolute atomic E-state index is 0.253. The molecule has 0 unspecified atom stereocenters. The fraction of sp³-hybridized carbons (Fsp3) is 0.400. The fourth-order valence-electron chi connectivity index (χ4n) is 1.13. The van der Waals surface area contributed by atoms with Crippen LogP contribution in [0.2, 0.25) is 0 Å². The third kappa shape index (κ3) is 3.08. The summed E-state index contributed by atoms with van der Waals surface area (Å²) in [4.78, 5) is 0. The van der Waals surface area contributed by atoms with Crippen LogP contribution in [0, 0.1) is 6.92 Å². The van der Waals surface area contributed by atoms with Crippen LogP contribution in [-0.4, -0.2) is 11.7 Å². The van der Waals surface area contributed by atoms with Crippen molar-refractivity contribution in [2.45, 2.75) is 19.8 Å². The van der Waals surface area contributed by atoms with Gasteiger partial charge in [0, 0.05) is 15.6 Å². The Morgan fingerprint density at radius 1 is 1.23 bits per heavy atom. The van der Waals surface area contributed by atoms with Gasteiger partial charge in [0.1, 0.15) is 0 Å². The van der Waals surface area contributed by atoms with Gasteiger partial charge in [0.25, 0.3) is 0 Å². The predicted octanol–water partition coefficient (Wildman–Crippen LogP) is 3.44. The molecule has 1 rings (SSSR count). The van der Waals surface area contributed by atoms with Gasteiger partial charge in [-0.2, -0.15) is 0 Å². The molecule has 0 bridgehead atoms. The van der Waals surface area contributed by atoms with Gasteiger partial charge in [0.15, 0.2) is 0 Å². The SMILES string of the molecule is Cc1c(Br)cc(CCCO)cc1Br. The highest BCUT2D eigenvalue weighted by atomic mass is 79.9. The molecule has 0 aliphatic heterocycles. The Labute approximate surface area is 95.4 Å². The van der Waals surface area contributed by atoms with E-state index >= 15 is 0 Å². The zero-order valence-electron chi connectivity index (χ0n) is 7.48. The molecule has 0 atom stereocenters. The highest BCUT2D eigenvalue weighted by Gasteiger charge is 2.02.